The van der Waals surface area contributed by atoms with Gasteiger partial charge in [0, 0.05) is 16.7 Å². The maximum atomic E-state index is 13.5. The third-order valence-corrected chi connectivity index (χ3v) is 3.99. The highest BCUT2D eigenvalue weighted by atomic mass is 19.1. The van der Waals surface area contributed by atoms with Gasteiger partial charge >= 0.3 is 0 Å². The van der Waals surface area contributed by atoms with Crippen LogP contribution in [0.1, 0.15) is 15.9 Å². The third kappa shape index (κ3) is 1.69. The predicted octanol–water partition coefficient (Wildman–Crippen LogP) is 4.41. The molecule has 1 aliphatic rings. The first-order valence-corrected chi connectivity index (χ1v) is 6.93. The summed E-state index contributed by atoms with van der Waals surface area (Å²) in [6, 6.07) is 16.6. The van der Waals surface area contributed by atoms with E-state index in [1.165, 1.54) is 18.2 Å². The number of hydrogen-bond acceptors (Lipinski definition) is 2. The van der Waals surface area contributed by atoms with Gasteiger partial charge in [0.25, 0.3) is 0 Å². The van der Waals surface area contributed by atoms with Gasteiger partial charge in [0.1, 0.15) is 11.6 Å². The lowest BCUT2D eigenvalue weighted by Crippen LogP contribution is -1.98. The number of phenolic OH excluding ortho intramolecular Hbond substituents is 1. The van der Waals surface area contributed by atoms with Crippen LogP contribution < -0.4 is 0 Å². The zero-order valence-electron chi connectivity index (χ0n) is 11.5. The molecule has 2 nitrogen and oxygen atoms in total. The summed E-state index contributed by atoms with van der Waals surface area (Å²) in [6.07, 6.45) is 0. The number of hydrogen-bond donors (Lipinski definition) is 1. The topological polar surface area (TPSA) is 37.3 Å². The zero-order chi connectivity index (χ0) is 15.3. The van der Waals surface area contributed by atoms with E-state index in [4.69, 9.17) is 0 Å². The lowest BCUT2D eigenvalue weighted by atomic mass is 9.94. The number of carbonyl (C=O) groups is 1. The fraction of sp³-hybridized carbons (Fsp3) is 0. The standard InChI is InChI=1S/C19H11FO2/c20-12-6-7-14-15(10-12)13-8-9-16(21)17(18(13)19(14)22)11-4-2-1-3-5-11/h1-10,21H. The van der Waals surface area contributed by atoms with Crippen molar-refractivity contribution < 1.29 is 14.3 Å². The molecule has 0 atom stereocenters. The van der Waals surface area contributed by atoms with Crippen molar-refractivity contribution in [2.45, 2.75) is 0 Å². The van der Waals surface area contributed by atoms with Gasteiger partial charge in [-0.05, 0) is 47.0 Å². The molecule has 1 N–H and O–H groups in total. The van der Waals surface area contributed by atoms with Crippen LogP contribution in [0.25, 0.3) is 22.3 Å². The Balaban J connectivity index is 2.06. The van der Waals surface area contributed by atoms with Crippen molar-refractivity contribution in [3.8, 4) is 28.0 Å². The van der Waals surface area contributed by atoms with Crippen molar-refractivity contribution >= 4 is 5.78 Å². The summed E-state index contributed by atoms with van der Waals surface area (Å²) in [7, 11) is 0. The SMILES string of the molecule is O=C1c2ccc(F)cc2-c2ccc(O)c(-c3ccccc3)c21. The highest BCUT2D eigenvalue weighted by molar-refractivity contribution is 6.25. The number of aromatic hydroxyl groups is 1. The maximum Gasteiger partial charge on any atom is 0.195 e. The highest BCUT2D eigenvalue weighted by Gasteiger charge is 2.31. The normalized spacial score (nSPS) is 12.1. The fourth-order valence-electron chi connectivity index (χ4n) is 3.02. The van der Waals surface area contributed by atoms with Gasteiger partial charge in [-0.3, -0.25) is 4.79 Å². The van der Waals surface area contributed by atoms with Crippen molar-refractivity contribution in [3.05, 3.63) is 77.6 Å². The van der Waals surface area contributed by atoms with Gasteiger partial charge in [-0.25, -0.2) is 4.39 Å². The van der Waals surface area contributed by atoms with Crippen LogP contribution in [0.15, 0.2) is 60.7 Å². The second kappa shape index (κ2) is 4.53. The van der Waals surface area contributed by atoms with Crippen LogP contribution in [0, 0.1) is 5.82 Å². The number of halogens is 1. The molecule has 4 rings (SSSR count). The lowest BCUT2D eigenvalue weighted by molar-refractivity contribution is 0.104. The van der Waals surface area contributed by atoms with E-state index in [2.05, 4.69) is 0 Å². The minimum Gasteiger partial charge on any atom is -0.507 e. The number of carbonyl (C=O) groups excluding carboxylic acids is 1. The quantitative estimate of drug-likeness (QED) is 0.564. The van der Waals surface area contributed by atoms with Crippen LogP contribution in [-0.2, 0) is 0 Å². The summed E-state index contributed by atoms with van der Waals surface area (Å²) in [5.74, 6) is -0.514. The summed E-state index contributed by atoms with van der Waals surface area (Å²) in [5, 5.41) is 10.3. The molecule has 0 bridgehead atoms. The largest absolute Gasteiger partial charge is 0.507 e. The average Bonchev–Trinajstić information content (AvgIpc) is 2.80. The molecule has 22 heavy (non-hydrogen) atoms. The van der Waals surface area contributed by atoms with Crippen LogP contribution in [-0.4, -0.2) is 10.9 Å². The third-order valence-electron chi connectivity index (χ3n) is 3.99. The van der Waals surface area contributed by atoms with E-state index in [9.17, 15) is 14.3 Å². The summed E-state index contributed by atoms with van der Waals surface area (Å²) < 4.78 is 13.5. The van der Waals surface area contributed by atoms with E-state index >= 15 is 0 Å². The Kier molecular flexibility index (Phi) is 2.63. The summed E-state index contributed by atoms with van der Waals surface area (Å²) in [5.41, 5.74) is 3.41. The second-order valence-corrected chi connectivity index (χ2v) is 5.27. The highest BCUT2D eigenvalue weighted by Crippen LogP contribution is 2.45. The first-order valence-electron chi connectivity index (χ1n) is 6.93. The van der Waals surface area contributed by atoms with Crippen LogP contribution in [0.5, 0.6) is 5.75 Å². The zero-order valence-corrected chi connectivity index (χ0v) is 11.5. The van der Waals surface area contributed by atoms with Gasteiger partial charge in [0.15, 0.2) is 5.78 Å². The molecule has 1 aliphatic carbocycles. The van der Waals surface area contributed by atoms with Gasteiger partial charge in [0.2, 0.25) is 0 Å². The lowest BCUT2D eigenvalue weighted by Gasteiger charge is -2.10. The van der Waals surface area contributed by atoms with Crippen molar-refractivity contribution in [1.82, 2.24) is 0 Å². The molecule has 0 fully saturated rings. The van der Waals surface area contributed by atoms with Crippen LogP contribution in [0.4, 0.5) is 4.39 Å². The summed E-state index contributed by atoms with van der Waals surface area (Å²) >= 11 is 0. The van der Waals surface area contributed by atoms with Crippen molar-refractivity contribution in [2.24, 2.45) is 0 Å². The molecular weight excluding hydrogens is 279 g/mol. The molecular formula is C19H11FO2. The number of ketones is 1. The molecule has 0 saturated carbocycles. The number of rotatable bonds is 1. The van der Waals surface area contributed by atoms with Gasteiger partial charge < -0.3 is 5.11 Å². The smallest absolute Gasteiger partial charge is 0.195 e. The minimum atomic E-state index is -0.381. The maximum absolute atomic E-state index is 13.5. The number of fused-ring (bicyclic) bond motifs is 3. The minimum absolute atomic E-state index is 0.0478. The molecule has 0 aliphatic heterocycles. The first kappa shape index (κ1) is 12.8. The summed E-state index contributed by atoms with van der Waals surface area (Å²) in [4.78, 5) is 12.7. The Bertz CT molecular complexity index is 914. The molecule has 106 valence electrons. The molecule has 3 heteroatoms. The van der Waals surface area contributed by atoms with Gasteiger partial charge in [-0.15, -0.1) is 0 Å². The van der Waals surface area contributed by atoms with E-state index < -0.39 is 0 Å². The molecule has 3 aromatic rings. The van der Waals surface area contributed by atoms with Crippen LogP contribution in [0.3, 0.4) is 0 Å². The van der Waals surface area contributed by atoms with Crippen LogP contribution in [0.2, 0.25) is 0 Å². The molecule has 0 unspecified atom stereocenters. The number of phenols is 1. The average molecular weight is 290 g/mol. The van der Waals surface area contributed by atoms with E-state index in [1.54, 1.807) is 12.1 Å². The van der Waals surface area contributed by atoms with Crippen molar-refractivity contribution in [3.63, 3.8) is 0 Å². The van der Waals surface area contributed by atoms with E-state index in [0.29, 0.717) is 27.8 Å². The fourth-order valence-corrected chi connectivity index (χ4v) is 3.02. The molecule has 0 heterocycles. The summed E-state index contributed by atoms with van der Waals surface area (Å²) in [6.45, 7) is 0. The van der Waals surface area contributed by atoms with Crippen molar-refractivity contribution in [1.29, 1.82) is 0 Å². The Morgan fingerprint density at radius 2 is 1.50 bits per heavy atom. The molecule has 3 aromatic carbocycles. The van der Waals surface area contributed by atoms with E-state index in [1.807, 2.05) is 30.3 Å². The molecule has 0 radical (unpaired) electrons. The van der Waals surface area contributed by atoms with E-state index in [0.717, 1.165) is 5.56 Å². The molecule has 0 saturated heterocycles. The van der Waals surface area contributed by atoms with Gasteiger partial charge in [-0.1, -0.05) is 30.3 Å². The Labute approximate surface area is 126 Å². The number of benzene rings is 3. The van der Waals surface area contributed by atoms with E-state index in [-0.39, 0.29) is 17.3 Å². The van der Waals surface area contributed by atoms with Gasteiger partial charge in [0.05, 0.1) is 0 Å². The molecule has 0 aromatic heterocycles. The Morgan fingerprint density at radius 1 is 0.773 bits per heavy atom. The Morgan fingerprint density at radius 3 is 2.27 bits per heavy atom. The molecule has 0 amide bonds. The predicted molar refractivity (Wildman–Crippen MR) is 82.4 cm³/mol. The monoisotopic (exact) mass is 290 g/mol. The van der Waals surface area contributed by atoms with Gasteiger partial charge in [-0.2, -0.15) is 0 Å². The Hall–Kier alpha value is -2.94. The second-order valence-electron chi connectivity index (χ2n) is 5.27. The first-order chi connectivity index (χ1) is 10.7. The van der Waals surface area contributed by atoms with Crippen molar-refractivity contribution in [2.75, 3.05) is 0 Å². The van der Waals surface area contributed by atoms with Crippen LogP contribution >= 0.6 is 0 Å². The molecule has 0 spiro atoms.